The molecule has 0 aliphatic carbocycles. The molecular formula is C21H22N2O4. The van der Waals surface area contributed by atoms with Crippen LogP contribution in [0.3, 0.4) is 0 Å². The van der Waals surface area contributed by atoms with Crippen molar-refractivity contribution in [3.8, 4) is 11.5 Å². The molecule has 1 fully saturated rings. The molecule has 6 nitrogen and oxygen atoms in total. The van der Waals surface area contributed by atoms with Crippen molar-refractivity contribution >= 4 is 23.2 Å². The summed E-state index contributed by atoms with van der Waals surface area (Å²) in [5.41, 5.74) is 3.78. The van der Waals surface area contributed by atoms with Crippen molar-refractivity contribution in [1.29, 1.82) is 0 Å². The van der Waals surface area contributed by atoms with Gasteiger partial charge in [-0.3, -0.25) is 9.59 Å². The number of nitrogens with zero attached hydrogens (tertiary/aromatic N) is 1. The van der Waals surface area contributed by atoms with Gasteiger partial charge in [-0.1, -0.05) is 6.07 Å². The number of anilines is 2. The van der Waals surface area contributed by atoms with Crippen molar-refractivity contribution in [2.24, 2.45) is 5.92 Å². The summed E-state index contributed by atoms with van der Waals surface area (Å²) >= 11 is 0. The van der Waals surface area contributed by atoms with Crippen LogP contribution in [0, 0.1) is 19.8 Å². The number of fused-ring (bicyclic) bond motifs is 1. The number of carbonyl (C=O) groups excluding carboxylic acids is 2. The van der Waals surface area contributed by atoms with Crippen LogP contribution in [-0.4, -0.2) is 31.6 Å². The fourth-order valence-corrected chi connectivity index (χ4v) is 3.40. The highest BCUT2D eigenvalue weighted by Crippen LogP contribution is 2.36. The second-order valence-corrected chi connectivity index (χ2v) is 7.02. The largest absolute Gasteiger partial charge is 0.486 e. The third kappa shape index (κ3) is 3.47. The Morgan fingerprint density at radius 2 is 1.81 bits per heavy atom. The summed E-state index contributed by atoms with van der Waals surface area (Å²) in [7, 11) is 0. The van der Waals surface area contributed by atoms with Gasteiger partial charge in [0.05, 0.1) is 5.92 Å². The molecule has 4 rings (SSSR count). The maximum absolute atomic E-state index is 12.6. The molecule has 0 unspecified atom stereocenters. The second kappa shape index (κ2) is 6.95. The third-order valence-electron chi connectivity index (χ3n) is 5.11. The first-order valence-corrected chi connectivity index (χ1v) is 9.09. The molecule has 1 saturated heterocycles. The Morgan fingerprint density at radius 1 is 1.04 bits per heavy atom. The number of hydrogen-bond donors (Lipinski definition) is 1. The number of ether oxygens (including phenoxy) is 2. The summed E-state index contributed by atoms with van der Waals surface area (Å²) in [4.78, 5) is 26.8. The van der Waals surface area contributed by atoms with Crippen molar-refractivity contribution in [1.82, 2.24) is 0 Å². The average molecular weight is 366 g/mol. The molecule has 2 aliphatic heterocycles. The Balaban J connectivity index is 1.47. The maximum atomic E-state index is 12.6. The molecule has 2 aliphatic rings. The maximum Gasteiger partial charge on any atom is 0.229 e. The molecule has 1 atom stereocenters. The Labute approximate surface area is 158 Å². The standard InChI is InChI=1S/C21H22N2O4/c1-13-3-4-16(9-14(13)2)22-21(25)15-10-20(24)23(12-15)17-5-6-18-19(11-17)27-8-7-26-18/h3-6,9,11,15H,7-8,10,12H2,1-2H3,(H,22,25)/t15-/m1/s1. The summed E-state index contributed by atoms with van der Waals surface area (Å²) in [5.74, 6) is 0.737. The molecular weight excluding hydrogens is 344 g/mol. The molecule has 2 amide bonds. The fraction of sp³-hybridized carbons (Fsp3) is 0.333. The zero-order chi connectivity index (χ0) is 19.0. The molecule has 2 heterocycles. The van der Waals surface area contributed by atoms with Crippen LogP contribution in [0.1, 0.15) is 17.5 Å². The minimum atomic E-state index is -0.382. The van der Waals surface area contributed by atoms with Crippen LogP contribution >= 0.6 is 0 Å². The minimum absolute atomic E-state index is 0.0630. The Kier molecular flexibility index (Phi) is 4.48. The van der Waals surface area contributed by atoms with E-state index < -0.39 is 0 Å². The molecule has 27 heavy (non-hydrogen) atoms. The number of carbonyl (C=O) groups is 2. The fourth-order valence-electron chi connectivity index (χ4n) is 3.40. The predicted octanol–water partition coefficient (Wildman–Crippen LogP) is 3.07. The summed E-state index contributed by atoms with van der Waals surface area (Å²) in [5, 5.41) is 2.93. The summed E-state index contributed by atoms with van der Waals surface area (Å²) in [6.07, 6.45) is 0.200. The lowest BCUT2D eigenvalue weighted by molar-refractivity contribution is -0.122. The molecule has 0 aromatic heterocycles. The van der Waals surface area contributed by atoms with Crippen molar-refractivity contribution < 1.29 is 19.1 Å². The number of aryl methyl sites for hydroxylation is 2. The van der Waals surface area contributed by atoms with Crippen LogP contribution in [0.5, 0.6) is 11.5 Å². The van der Waals surface area contributed by atoms with E-state index in [1.54, 1.807) is 17.0 Å². The van der Waals surface area contributed by atoms with E-state index in [0.717, 1.165) is 16.9 Å². The number of nitrogens with one attached hydrogen (secondary N) is 1. The van der Waals surface area contributed by atoms with Crippen LogP contribution in [0.15, 0.2) is 36.4 Å². The van der Waals surface area contributed by atoms with Gasteiger partial charge in [-0.05, 0) is 49.2 Å². The molecule has 0 bridgehead atoms. The lowest BCUT2D eigenvalue weighted by Gasteiger charge is -2.22. The zero-order valence-electron chi connectivity index (χ0n) is 15.5. The van der Waals surface area contributed by atoms with Crippen LogP contribution in [0.2, 0.25) is 0 Å². The zero-order valence-corrected chi connectivity index (χ0v) is 15.5. The molecule has 140 valence electrons. The minimum Gasteiger partial charge on any atom is -0.486 e. The van der Waals surface area contributed by atoms with E-state index in [0.29, 0.717) is 31.3 Å². The van der Waals surface area contributed by atoms with Gasteiger partial charge in [-0.2, -0.15) is 0 Å². The first-order chi connectivity index (χ1) is 13.0. The van der Waals surface area contributed by atoms with E-state index in [2.05, 4.69) is 5.32 Å². The van der Waals surface area contributed by atoms with Gasteiger partial charge in [0.25, 0.3) is 0 Å². The monoisotopic (exact) mass is 366 g/mol. The molecule has 0 radical (unpaired) electrons. The molecule has 0 saturated carbocycles. The third-order valence-corrected chi connectivity index (χ3v) is 5.11. The van der Waals surface area contributed by atoms with Gasteiger partial charge in [0, 0.05) is 30.4 Å². The van der Waals surface area contributed by atoms with Crippen LogP contribution in [0.25, 0.3) is 0 Å². The predicted molar refractivity (Wildman–Crippen MR) is 102 cm³/mol. The Bertz CT molecular complexity index is 909. The molecule has 0 spiro atoms. The van der Waals surface area contributed by atoms with Crippen molar-refractivity contribution in [3.05, 3.63) is 47.5 Å². The molecule has 2 aromatic carbocycles. The quantitative estimate of drug-likeness (QED) is 0.907. The van der Waals surface area contributed by atoms with E-state index in [-0.39, 0.29) is 24.2 Å². The van der Waals surface area contributed by atoms with Gasteiger partial charge in [0.2, 0.25) is 11.8 Å². The van der Waals surface area contributed by atoms with E-state index >= 15 is 0 Å². The van der Waals surface area contributed by atoms with Gasteiger partial charge in [-0.25, -0.2) is 0 Å². The lowest BCUT2D eigenvalue weighted by Crippen LogP contribution is -2.28. The van der Waals surface area contributed by atoms with Crippen LogP contribution < -0.4 is 19.7 Å². The van der Waals surface area contributed by atoms with Gasteiger partial charge in [-0.15, -0.1) is 0 Å². The average Bonchev–Trinajstić information content (AvgIpc) is 3.06. The topological polar surface area (TPSA) is 67.9 Å². The first kappa shape index (κ1) is 17.4. The van der Waals surface area contributed by atoms with Crippen molar-refractivity contribution in [2.75, 3.05) is 30.0 Å². The van der Waals surface area contributed by atoms with Gasteiger partial charge in [0.1, 0.15) is 13.2 Å². The molecule has 2 aromatic rings. The SMILES string of the molecule is Cc1ccc(NC(=O)[C@@H]2CC(=O)N(c3ccc4c(c3)OCCO4)C2)cc1C. The highest BCUT2D eigenvalue weighted by atomic mass is 16.6. The smallest absolute Gasteiger partial charge is 0.229 e. The highest BCUT2D eigenvalue weighted by Gasteiger charge is 2.35. The van der Waals surface area contributed by atoms with Crippen molar-refractivity contribution in [3.63, 3.8) is 0 Å². The highest BCUT2D eigenvalue weighted by molar-refractivity contribution is 6.03. The number of rotatable bonds is 3. The molecule has 1 N–H and O–H groups in total. The second-order valence-electron chi connectivity index (χ2n) is 7.02. The van der Waals surface area contributed by atoms with E-state index in [1.807, 2.05) is 38.1 Å². The van der Waals surface area contributed by atoms with Crippen LogP contribution in [0.4, 0.5) is 11.4 Å². The van der Waals surface area contributed by atoms with Gasteiger partial charge >= 0.3 is 0 Å². The Morgan fingerprint density at radius 3 is 2.59 bits per heavy atom. The first-order valence-electron chi connectivity index (χ1n) is 9.09. The normalized spacial score (nSPS) is 18.5. The summed E-state index contributed by atoms with van der Waals surface area (Å²) < 4.78 is 11.1. The molecule has 6 heteroatoms. The Hall–Kier alpha value is -3.02. The summed E-state index contributed by atoms with van der Waals surface area (Å²) in [6.45, 7) is 5.41. The lowest BCUT2D eigenvalue weighted by atomic mass is 10.1. The number of benzene rings is 2. The number of hydrogen-bond acceptors (Lipinski definition) is 4. The van der Waals surface area contributed by atoms with Gasteiger partial charge < -0.3 is 19.7 Å². The van der Waals surface area contributed by atoms with E-state index in [1.165, 1.54) is 5.56 Å². The van der Waals surface area contributed by atoms with Gasteiger partial charge in [0.15, 0.2) is 11.5 Å². The summed E-state index contributed by atoms with van der Waals surface area (Å²) in [6, 6.07) is 11.2. The van der Waals surface area contributed by atoms with Crippen LogP contribution in [-0.2, 0) is 9.59 Å². The van der Waals surface area contributed by atoms with E-state index in [9.17, 15) is 9.59 Å². The number of amides is 2. The van der Waals surface area contributed by atoms with E-state index in [4.69, 9.17) is 9.47 Å². The van der Waals surface area contributed by atoms with Crippen molar-refractivity contribution in [2.45, 2.75) is 20.3 Å².